The Balaban J connectivity index is 1.68. The molecule has 0 saturated heterocycles. The van der Waals surface area contributed by atoms with Crippen molar-refractivity contribution in [2.75, 3.05) is 26.8 Å². The number of thiophene rings is 1. The standard InChI is InChI=1S/C27H38N2O3S/c1-22-15-18-33-25(22)20-29(19-24-11-4-3-5-12-24)27(31)21-28(16-8-17-32-2)26(30)14-13-23-9-6-7-10-23/h3-5,11-12,15,18,23H,6-10,13-14,16-17,19-21H2,1-2H3. The van der Waals surface area contributed by atoms with Crippen LogP contribution in [0.25, 0.3) is 0 Å². The molecule has 5 nitrogen and oxygen atoms in total. The number of hydrogen-bond acceptors (Lipinski definition) is 4. The second-order valence-electron chi connectivity index (χ2n) is 9.11. The van der Waals surface area contributed by atoms with Gasteiger partial charge in [-0.1, -0.05) is 56.0 Å². The first kappa shape index (κ1) is 25.4. The van der Waals surface area contributed by atoms with E-state index in [0.29, 0.717) is 38.6 Å². The van der Waals surface area contributed by atoms with Crippen molar-refractivity contribution in [3.05, 3.63) is 57.8 Å². The molecule has 6 heteroatoms. The molecule has 1 aromatic carbocycles. The zero-order chi connectivity index (χ0) is 23.5. The molecule has 2 aromatic rings. The van der Waals surface area contributed by atoms with Gasteiger partial charge in [0.25, 0.3) is 0 Å². The van der Waals surface area contributed by atoms with Crippen LogP contribution in [0.1, 0.15) is 60.9 Å². The van der Waals surface area contributed by atoms with E-state index >= 15 is 0 Å². The lowest BCUT2D eigenvalue weighted by atomic mass is 10.0. The van der Waals surface area contributed by atoms with Gasteiger partial charge in [-0.2, -0.15) is 0 Å². The van der Waals surface area contributed by atoms with E-state index < -0.39 is 0 Å². The van der Waals surface area contributed by atoms with Crippen LogP contribution in [0.3, 0.4) is 0 Å². The highest BCUT2D eigenvalue weighted by molar-refractivity contribution is 7.10. The molecule has 1 aromatic heterocycles. The summed E-state index contributed by atoms with van der Waals surface area (Å²) in [5.74, 6) is 0.762. The van der Waals surface area contributed by atoms with Gasteiger partial charge in [-0.3, -0.25) is 9.59 Å². The minimum Gasteiger partial charge on any atom is -0.385 e. The summed E-state index contributed by atoms with van der Waals surface area (Å²) in [7, 11) is 1.67. The Morgan fingerprint density at radius 1 is 1.03 bits per heavy atom. The molecule has 1 saturated carbocycles. The van der Waals surface area contributed by atoms with Gasteiger partial charge in [-0.05, 0) is 48.3 Å². The van der Waals surface area contributed by atoms with Crippen molar-refractivity contribution in [3.63, 3.8) is 0 Å². The van der Waals surface area contributed by atoms with Gasteiger partial charge in [0.15, 0.2) is 0 Å². The van der Waals surface area contributed by atoms with Crippen molar-refractivity contribution in [1.29, 1.82) is 0 Å². The lowest BCUT2D eigenvalue weighted by Crippen LogP contribution is -2.43. The van der Waals surface area contributed by atoms with E-state index in [4.69, 9.17) is 4.74 Å². The summed E-state index contributed by atoms with van der Waals surface area (Å²) >= 11 is 1.68. The summed E-state index contributed by atoms with van der Waals surface area (Å²) in [6, 6.07) is 12.2. The minimum atomic E-state index is -0.00159. The molecule has 0 unspecified atom stereocenters. The van der Waals surface area contributed by atoms with Crippen LogP contribution in [-0.4, -0.2) is 48.4 Å². The highest BCUT2D eigenvalue weighted by Gasteiger charge is 2.24. The van der Waals surface area contributed by atoms with Gasteiger partial charge in [-0.15, -0.1) is 11.3 Å². The summed E-state index contributed by atoms with van der Waals surface area (Å²) in [5.41, 5.74) is 2.30. The van der Waals surface area contributed by atoms with Gasteiger partial charge in [0.05, 0.1) is 13.1 Å². The summed E-state index contributed by atoms with van der Waals surface area (Å²) in [5, 5.41) is 2.07. The molecule has 0 radical (unpaired) electrons. The number of methoxy groups -OCH3 is 1. The summed E-state index contributed by atoms with van der Waals surface area (Å²) < 4.78 is 5.20. The van der Waals surface area contributed by atoms with Crippen LogP contribution in [0.2, 0.25) is 0 Å². The average molecular weight is 471 g/mol. The smallest absolute Gasteiger partial charge is 0.242 e. The van der Waals surface area contributed by atoms with Crippen LogP contribution in [-0.2, 0) is 27.4 Å². The maximum atomic E-state index is 13.5. The Morgan fingerprint density at radius 3 is 2.45 bits per heavy atom. The Morgan fingerprint density at radius 2 is 1.79 bits per heavy atom. The second-order valence-corrected chi connectivity index (χ2v) is 10.1. The number of nitrogens with zero attached hydrogens (tertiary/aromatic N) is 2. The van der Waals surface area contributed by atoms with E-state index in [9.17, 15) is 9.59 Å². The lowest BCUT2D eigenvalue weighted by molar-refractivity contribution is -0.141. The van der Waals surface area contributed by atoms with Crippen molar-refractivity contribution in [3.8, 4) is 0 Å². The third-order valence-electron chi connectivity index (χ3n) is 6.57. The molecule has 1 fully saturated rings. The normalized spacial score (nSPS) is 13.9. The fourth-order valence-electron chi connectivity index (χ4n) is 4.52. The Labute approximate surface area is 202 Å². The molecule has 3 rings (SSSR count). The third kappa shape index (κ3) is 8.27. The van der Waals surface area contributed by atoms with Crippen molar-refractivity contribution < 1.29 is 14.3 Å². The number of aryl methyl sites for hydroxylation is 1. The Bertz CT molecular complexity index is 861. The van der Waals surface area contributed by atoms with Gasteiger partial charge >= 0.3 is 0 Å². The number of benzene rings is 1. The van der Waals surface area contributed by atoms with E-state index in [0.717, 1.165) is 18.4 Å². The van der Waals surface area contributed by atoms with E-state index in [1.165, 1.54) is 36.1 Å². The molecule has 33 heavy (non-hydrogen) atoms. The number of carbonyl (C=O) groups excluding carboxylic acids is 2. The molecular formula is C27H38N2O3S. The summed E-state index contributed by atoms with van der Waals surface area (Å²) in [6.45, 7) is 4.46. The lowest BCUT2D eigenvalue weighted by Gasteiger charge is -2.28. The van der Waals surface area contributed by atoms with Crippen molar-refractivity contribution in [2.24, 2.45) is 5.92 Å². The number of hydrogen-bond donors (Lipinski definition) is 0. The van der Waals surface area contributed by atoms with Gasteiger partial charge < -0.3 is 14.5 Å². The van der Waals surface area contributed by atoms with Gasteiger partial charge in [0, 0.05) is 38.1 Å². The van der Waals surface area contributed by atoms with Gasteiger partial charge in [0.1, 0.15) is 0 Å². The molecule has 0 spiro atoms. The molecule has 0 atom stereocenters. The predicted molar refractivity (Wildman–Crippen MR) is 134 cm³/mol. The molecule has 2 amide bonds. The van der Waals surface area contributed by atoms with Crippen LogP contribution >= 0.6 is 11.3 Å². The third-order valence-corrected chi connectivity index (χ3v) is 7.58. The van der Waals surface area contributed by atoms with E-state index in [1.807, 2.05) is 35.2 Å². The molecule has 1 heterocycles. The van der Waals surface area contributed by atoms with Crippen molar-refractivity contribution in [2.45, 2.75) is 65.0 Å². The van der Waals surface area contributed by atoms with Crippen LogP contribution < -0.4 is 0 Å². The first-order valence-electron chi connectivity index (χ1n) is 12.2. The predicted octanol–water partition coefficient (Wildman–Crippen LogP) is 5.42. The minimum absolute atomic E-state index is 0.00159. The summed E-state index contributed by atoms with van der Waals surface area (Å²) in [6.07, 6.45) is 7.25. The molecule has 0 aliphatic heterocycles. The van der Waals surface area contributed by atoms with Crippen LogP contribution in [0.15, 0.2) is 41.8 Å². The van der Waals surface area contributed by atoms with Crippen molar-refractivity contribution >= 4 is 23.2 Å². The molecular weight excluding hydrogens is 432 g/mol. The van der Waals surface area contributed by atoms with E-state index in [1.54, 1.807) is 23.3 Å². The fraction of sp³-hybridized carbons (Fsp3) is 0.556. The van der Waals surface area contributed by atoms with Gasteiger partial charge in [-0.25, -0.2) is 0 Å². The zero-order valence-electron chi connectivity index (χ0n) is 20.1. The quantitative estimate of drug-likeness (QED) is 0.367. The van der Waals surface area contributed by atoms with Crippen LogP contribution in [0, 0.1) is 12.8 Å². The second kappa shape index (κ2) is 13.5. The number of ether oxygens (including phenoxy) is 1. The topological polar surface area (TPSA) is 49.9 Å². The molecule has 1 aliphatic carbocycles. The van der Waals surface area contributed by atoms with Gasteiger partial charge in [0.2, 0.25) is 11.8 Å². The maximum Gasteiger partial charge on any atom is 0.242 e. The zero-order valence-corrected chi connectivity index (χ0v) is 20.9. The highest BCUT2D eigenvalue weighted by atomic mass is 32.1. The summed E-state index contributed by atoms with van der Waals surface area (Å²) in [4.78, 5) is 31.4. The number of carbonyl (C=O) groups is 2. The highest BCUT2D eigenvalue weighted by Crippen LogP contribution is 2.28. The van der Waals surface area contributed by atoms with Crippen LogP contribution in [0.5, 0.6) is 0 Å². The molecule has 1 aliphatic rings. The monoisotopic (exact) mass is 470 g/mol. The first-order chi connectivity index (χ1) is 16.1. The average Bonchev–Trinajstić information content (AvgIpc) is 3.49. The molecule has 180 valence electrons. The number of amides is 2. The number of rotatable bonds is 13. The Hall–Kier alpha value is -2.18. The first-order valence-corrected chi connectivity index (χ1v) is 13.1. The maximum absolute atomic E-state index is 13.5. The SMILES string of the molecule is COCCCN(CC(=O)N(Cc1ccccc1)Cc1sccc1C)C(=O)CCC1CCCC1. The van der Waals surface area contributed by atoms with E-state index in [2.05, 4.69) is 18.4 Å². The fourth-order valence-corrected chi connectivity index (χ4v) is 5.44. The van der Waals surface area contributed by atoms with Crippen LogP contribution in [0.4, 0.5) is 0 Å². The molecule has 0 bridgehead atoms. The van der Waals surface area contributed by atoms with E-state index in [-0.39, 0.29) is 18.4 Å². The largest absolute Gasteiger partial charge is 0.385 e. The Kier molecular flexibility index (Phi) is 10.4. The molecule has 0 N–H and O–H groups in total. The van der Waals surface area contributed by atoms with Crippen molar-refractivity contribution in [1.82, 2.24) is 9.80 Å².